The summed E-state index contributed by atoms with van der Waals surface area (Å²) in [6.07, 6.45) is 2.27. The Kier molecular flexibility index (Phi) is 6.68. The summed E-state index contributed by atoms with van der Waals surface area (Å²) in [6, 6.07) is 7.03. The van der Waals surface area contributed by atoms with Crippen molar-refractivity contribution in [1.29, 1.82) is 0 Å². The maximum atomic E-state index is 6.00. The van der Waals surface area contributed by atoms with Gasteiger partial charge in [-0.1, -0.05) is 36.2 Å². The van der Waals surface area contributed by atoms with E-state index in [2.05, 4.69) is 44.3 Å². The highest BCUT2D eigenvalue weighted by atomic mass is 16.5. The lowest BCUT2D eigenvalue weighted by Gasteiger charge is -2.24. The number of benzene rings is 1. The summed E-state index contributed by atoms with van der Waals surface area (Å²) in [7, 11) is 0. The van der Waals surface area contributed by atoms with Crippen LogP contribution in [0.3, 0.4) is 0 Å². The molecule has 0 aliphatic carbocycles. The molecule has 21 heavy (non-hydrogen) atoms. The van der Waals surface area contributed by atoms with Crippen molar-refractivity contribution >= 4 is 0 Å². The summed E-state index contributed by atoms with van der Waals surface area (Å²) in [4.78, 5) is 0. The van der Waals surface area contributed by atoms with Gasteiger partial charge < -0.3 is 14.8 Å². The van der Waals surface area contributed by atoms with E-state index >= 15 is 0 Å². The molecule has 1 aromatic carbocycles. The highest BCUT2D eigenvalue weighted by Crippen LogP contribution is 2.19. The largest absolute Gasteiger partial charge is 0.381 e. The van der Waals surface area contributed by atoms with Crippen molar-refractivity contribution in [2.75, 3.05) is 33.0 Å². The van der Waals surface area contributed by atoms with Crippen LogP contribution in [-0.4, -0.2) is 33.0 Å². The van der Waals surface area contributed by atoms with Crippen LogP contribution < -0.4 is 5.32 Å². The van der Waals surface area contributed by atoms with E-state index in [0.717, 1.165) is 45.8 Å². The molecule has 2 rings (SSSR count). The van der Waals surface area contributed by atoms with E-state index in [0.29, 0.717) is 5.92 Å². The fraction of sp³-hybridized carbons (Fsp3) is 0.667. The van der Waals surface area contributed by atoms with Crippen LogP contribution in [0.2, 0.25) is 0 Å². The molecule has 0 aromatic heterocycles. The van der Waals surface area contributed by atoms with Crippen LogP contribution in [0.1, 0.15) is 42.5 Å². The summed E-state index contributed by atoms with van der Waals surface area (Å²) in [5.41, 5.74) is 3.97. The van der Waals surface area contributed by atoms with Crippen LogP contribution in [0.15, 0.2) is 18.2 Å². The van der Waals surface area contributed by atoms with E-state index in [1.807, 2.05) is 0 Å². The number of nitrogens with one attached hydrogen (secondary N) is 1. The molecule has 0 saturated carbocycles. The van der Waals surface area contributed by atoms with E-state index in [1.165, 1.54) is 16.7 Å². The van der Waals surface area contributed by atoms with Gasteiger partial charge in [0.2, 0.25) is 0 Å². The SMILES string of the molecule is CCNC(COCC1CCOCC1)c1cc(C)cc(C)c1. The number of ether oxygens (including phenoxy) is 2. The van der Waals surface area contributed by atoms with Gasteiger partial charge in [0.25, 0.3) is 0 Å². The highest BCUT2D eigenvalue weighted by Gasteiger charge is 2.16. The van der Waals surface area contributed by atoms with Crippen LogP contribution >= 0.6 is 0 Å². The minimum Gasteiger partial charge on any atom is -0.381 e. The number of aryl methyl sites for hydroxylation is 2. The molecule has 1 N–H and O–H groups in total. The average molecular weight is 291 g/mol. The molecular formula is C18H29NO2. The number of likely N-dealkylation sites (N-methyl/N-ethyl adjacent to an activating group) is 1. The third kappa shape index (κ3) is 5.42. The molecule has 0 radical (unpaired) electrons. The Morgan fingerprint density at radius 1 is 1.19 bits per heavy atom. The predicted octanol–water partition coefficient (Wildman–Crippen LogP) is 3.40. The van der Waals surface area contributed by atoms with Gasteiger partial charge in [-0.2, -0.15) is 0 Å². The summed E-state index contributed by atoms with van der Waals surface area (Å²) < 4.78 is 11.4. The quantitative estimate of drug-likeness (QED) is 0.835. The maximum absolute atomic E-state index is 6.00. The molecular weight excluding hydrogens is 262 g/mol. The second-order valence-electron chi connectivity index (χ2n) is 6.12. The van der Waals surface area contributed by atoms with Gasteiger partial charge in [-0.15, -0.1) is 0 Å². The lowest BCUT2D eigenvalue weighted by Crippen LogP contribution is -2.27. The van der Waals surface area contributed by atoms with Crippen molar-refractivity contribution in [2.24, 2.45) is 5.92 Å². The molecule has 1 heterocycles. The Balaban J connectivity index is 1.88. The van der Waals surface area contributed by atoms with E-state index in [9.17, 15) is 0 Å². The first-order valence-corrected chi connectivity index (χ1v) is 8.16. The summed E-state index contributed by atoms with van der Waals surface area (Å²) in [6.45, 7) is 10.8. The molecule has 1 aromatic rings. The molecule has 118 valence electrons. The van der Waals surface area contributed by atoms with Gasteiger partial charge in [0.05, 0.1) is 12.6 Å². The first-order chi connectivity index (χ1) is 10.2. The first-order valence-electron chi connectivity index (χ1n) is 8.16. The lowest BCUT2D eigenvalue weighted by molar-refractivity contribution is 0.0152. The zero-order chi connectivity index (χ0) is 15.1. The van der Waals surface area contributed by atoms with Crippen LogP contribution in [0, 0.1) is 19.8 Å². The molecule has 3 nitrogen and oxygen atoms in total. The van der Waals surface area contributed by atoms with Crippen molar-refractivity contribution < 1.29 is 9.47 Å². The van der Waals surface area contributed by atoms with E-state index in [1.54, 1.807) is 0 Å². The van der Waals surface area contributed by atoms with Gasteiger partial charge in [0.1, 0.15) is 0 Å². The van der Waals surface area contributed by atoms with Crippen molar-refractivity contribution in [3.63, 3.8) is 0 Å². The zero-order valence-electron chi connectivity index (χ0n) is 13.7. The molecule has 1 aliphatic rings. The van der Waals surface area contributed by atoms with Gasteiger partial charge in [-0.25, -0.2) is 0 Å². The summed E-state index contributed by atoms with van der Waals surface area (Å²) in [5.74, 6) is 0.667. The van der Waals surface area contributed by atoms with Crippen LogP contribution in [0.25, 0.3) is 0 Å². The molecule has 0 bridgehead atoms. The molecule has 1 saturated heterocycles. The predicted molar refractivity (Wildman–Crippen MR) is 86.7 cm³/mol. The molecule has 3 heteroatoms. The zero-order valence-corrected chi connectivity index (χ0v) is 13.7. The number of hydrogen-bond donors (Lipinski definition) is 1. The summed E-state index contributed by atoms with van der Waals surface area (Å²) in [5, 5.41) is 3.54. The van der Waals surface area contributed by atoms with Crippen molar-refractivity contribution in [2.45, 2.75) is 39.7 Å². The Labute approximate surface area is 129 Å². The van der Waals surface area contributed by atoms with Crippen LogP contribution in [0.4, 0.5) is 0 Å². The Morgan fingerprint density at radius 2 is 1.86 bits per heavy atom. The molecule has 1 fully saturated rings. The fourth-order valence-electron chi connectivity index (χ4n) is 3.00. The van der Waals surface area contributed by atoms with Gasteiger partial charge in [0, 0.05) is 19.8 Å². The minimum atomic E-state index is 0.286. The number of rotatable bonds is 7. The smallest absolute Gasteiger partial charge is 0.0661 e. The molecule has 1 atom stereocenters. The maximum Gasteiger partial charge on any atom is 0.0661 e. The van der Waals surface area contributed by atoms with Crippen molar-refractivity contribution in [3.05, 3.63) is 34.9 Å². The minimum absolute atomic E-state index is 0.286. The molecule has 0 spiro atoms. The number of hydrogen-bond acceptors (Lipinski definition) is 3. The Bertz CT molecular complexity index is 407. The van der Waals surface area contributed by atoms with Crippen LogP contribution in [0.5, 0.6) is 0 Å². The fourth-order valence-corrected chi connectivity index (χ4v) is 3.00. The summed E-state index contributed by atoms with van der Waals surface area (Å²) >= 11 is 0. The van der Waals surface area contributed by atoms with Gasteiger partial charge in [-0.05, 0) is 44.7 Å². The highest BCUT2D eigenvalue weighted by molar-refractivity contribution is 5.30. The van der Waals surface area contributed by atoms with E-state index < -0.39 is 0 Å². The lowest BCUT2D eigenvalue weighted by atomic mass is 10.0. The second-order valence-corrected chi connectivity index (χ2v) is 6.12. The average Bonchev–Trinajstić information content (AvgIpc) is 2.46. The van der Waals surface area contributed by atoms with E-state index in [-0.39, 0.29) is 6.04 Å². The standard InChI is InChI=1S/C18H29NO2/c1-4-19-18(17-10-14(2)9-15(3)11-17)13-21-12-16-5-7-20-8-6-16/h9-11,16,18-19H,4-8,12-13H2,1-3H3. The Morgan fingerprint density at radius 3 is 2.48 bits per heavy atom. The molecule has 1 unspecified atom stereocenters. The van der Waals surface area contributed by atoms with Crippen LogP contribution in [-0.2, 0) is 9.47 Å². The third-order valence-electron chi connectivity index (χ3n) is 4.08. The van der Waals surface area contributed by atoms with Gasteiger partial charge in [-0.3, -0.25) is 0 Å². The van der Waals surface area contributed by atoms with Gasteiger partial charge in [0.15, 0.2) is 0 Å². The monoisotopic (exact) mass is 291 g/mol. The molecule has 0 amide bonds. The third-order valence-corrected chi connectivity index (χ3v) is 4.08. The van der Waals surface area contributed by atoms with E-state index in [4.69, 9.17) is 9.47 Å². The Hall–Kier alpha value is -0.900. The van der Waals surface area contributed by atoms with Gasteiger partial charge >= 0.3 is 0 Å². The molecule has 1 aliphatic heterocycles. The second kappa shape index (κ2) is 8.52. The topological polar surface area (TPSA) is 30.5 Å². The first kappa shape index (κ1) is 16.5. The normalized spacial score (nSPS) is 17.9. The van der Waals surface area contributed by atoms with Crippen molar-refractivity contribution in [3.8, 4) is 0 Å². The van der Waals surface area contributed by atoms with Crippen molar-refractivity contribution in [1.82, 2.24) is 5.32 Å².